The van der Waals surface area contributed by atoms with Gasteiger partial charge in [-0.2, -0.15) is 0 Å². The van der Waals surface area contributed by atoms with Crippen molar-refractivity contribution in [2.75, 3.05) is 19.7 Å². The molecule has 2 rings (SSSR count). The van der Waals surface area contributed by atoms with Crippen LogP contribution in [0.25, 0.3) is 0 Å². The molecule has 0 radical (unpaired) electrons. The van der Waals surface area contributed by atoms with Crippen LogP contribution in [0.5, 0.6) is 5.75 Å². The van der Waals surface area contributed by atoms with E-state index in [1.807, 2.05) is 30.3 Å². The van der Waals surface area contributed by atoms with Crippen molar-refractivity contribution >= 4 is 17.2 Å². The first kappa shape index (κ1) is 15.5. The Morgan fingerprint density at radius 1 is 1.33 bits per heavy atom. The molecule has 3 N–H and O–H groups in total. The molecule has 1 heterocycles. The summed E-state index contributed by atoms with van der Waals surface area (Å²) in [6.07, 6.45) is 1.46. The van der Waals surface area contributed by atoms with Crippen LogP contribution in [-0.2, 0) is 6.42 Å². The van der Waals surface area contributed by atoms with E-state index >= 15 is 0 Å². The SMILES string of the molecule is NCCc1nc(C(=O)NCCCOc2ccccc2)cs1. The standard InChI is InChI=1S/C15H19N3O2S/c16-8-7-14-18-13(11-21-14)15(19)17-9-4-10-20-12-5-2-1-3-6-12/h1-3,5-6,11H,4,7-10,16H2,(H,17,19). The van der Waals surface area contributed by atoms with Crippen LogP contribution in [0.3, 0.4) is 0 Å². The monoisotopic (exact) mass is 305 g/mol. The molecular formula is C15H19N3O2S. The lowest BCUT2D eigenvalue weighted by atomic mass is 10.3. The van der Waals surface area contributed by atoms with Gasteiger partial charge in [-0.15, -0.1) is 11.3 Å². The first-order chi connectivity index (χ1) is 10.3. The minimum absolute atomic E-state index is 0.144. The zero-order chi connectivity index (χ0) is 14.9. The third-order valence-electron chi connectivity index (χ3n) is 2.76. The Balaban J connectivity index is 1.64. The molecule has 2 aromatic rings. The summed E-state index contributed by atoms with van der Waals surface area (Å²) in [6, 6.07) is 9.62. The summed E-state index contributed by atoms with van der Waals surface area (Å²) >= 11 is 1.47. The normalized spacial score (nSPS) is 10.3. The average Bonchev–Trinajstić information content (AvgIpc) is 2.97. The first-order valence-electron chi connectivity index (χ1n) is 6.90. The van der Waals surface area contributed by atoms with Gasteiger partial charge >= 0.3 is 0 Å². The lowest BCUT2D eigenvalue weighted by molar-refractivity contribution is 0.0947. The van der Waals surface area contributed by atoms with E-state index in [0.29, 0.717) is 31.8 Å². The van der Waals surface area contributed by atoms with Gasteiger partial charge in [-0.05, 0) is 25.1 Å². The maximum absolute atomic E-state index is 11.9. The molecule has 112 valence electrons. The number of nitrogens with two attached hydrogens (primary N) is 1. The van der Waals surface area contributed by atoms with E-state index in [-0.39, 0.29) is 5.91 Å². The molecule has 0 aliphatic rings. The van der Waals surface area contributed by atoms with Crippen molar-refractivity contribution in [1.82, 2.24) is 10.3 Å². The van der Waals surface area contributed by atoms with Crippen LogP contribution in [-0.4, -0.2) is 30.6 Å². The van der Waals surface area contributed by atoms with Crippen LogP contribution in [0, 0.1) is 0 Å². The second-order valence-electron chi connectivity index (χ2n) is 4.44. The summed E-state index contributed by atoms with van der Waals surface area (Å²) < 4.78 is 5.55. The lowest BCUT2D eigenvalue weighted by Gasteiger charge is -2.06. The van der Waals surface area contributed by atoms with Gasteiger partial charge in [-0.25, -0.2) is 4.98 Å². The number of nitrogens with zero attached hydrogens (tertiary/aromatic N) is 1. The second-order valence-corrected chi connectivity index (χ2v) is 5.38. The molecule has 0 saturated heterocycles. The Bertz CT molecular complexity index is 557. The Morgan fingerprint density at radius 3 is 2.90 bits per heavy atom. The molecule has 1 amide bonds. The van der Waals surface area contributed by atoms with Crippen molar-refractivity contribution in [3.8, 4) is 5.75 Å². The fourth-order valence-electron chi connectivity index (χ4n) is 1.72. The highest BCUT2D eigenvalue weighted by Crippen LogP contribution is 2.10. The summed E-state index contributed by atoms with van der Waals surface area (Å²) in [5.41, 5.74) is 5.92. The molecule has 0 aliphatic heterocycles. The van der Waals surface area contributed by atoms with Crippen molar-refractivity contribution in [1.29, 1.82) is 0 Å². The highest BCUT2D eigenvalue weighted by atomic mass is 32.1. The number of nitrogens with one attached hydrogen (secondary N) is 1. The largest absolute Gasteiger partial charge is 0.494 e. The maximum Gasteiger partial charge on any atom is 0.270 e. The van der Waals surface area contributed by atoms with Gasteiger partial charge in [-0.1, -0.05) is 18.2 Å². The molecule has 21 heavy (non-hydrogen) atoms. The number of hydrogen-bond acceptors (Lipinski definition) is 5. The number of rotatable bonds is 8. The molecular weight excluding hydrogens is 286 g/mol. The number of benzene rings is 1. The van der Waals surface area contributed by atoms with Crippen molar-refractivity contribution < 1.29 is 9.53 Å². The third kappa shape index (κ3) is 5.17. The summed E-state index contributed by atoms with van der Waals surface area (Å²) in [4.78, 5) is 16.1. The summed E-state index contributed by atoms with van der Waals surface area (Å²) in [5, 5.41) is 5.50. The fraction of sp³-hybridized carbons (Fsp3) is 0.333. The van der Waals surface area contributed by atoms with Crippen molar-refractivity contribution in [3.05, 3.63) is 46.4 Å². The van der Waals surface area contributed by atoms with Gasteiger partial charge in [-0.3, -0.25) is 4.79 Å². The Hall–Kier alpha value is -1.92. The number of carbonyl (C=O) groups is 1. The third-order valence-corrected chi connectivity index (χ3v) is 3.67. The quantitative estimate of drug-likeness (QED) is 0.730. The van der Waals surface area contributed by atoms with Crippen molar-refractivity contribution in [2.24, 2.45) is 5.73 Å². The number of para-hydroxylation sites is 1. The molecule has 0 spiro atoms. The van der Waals surface area contributed by atoms with E-state index in [1.54, 1.807) is 5.38 Å². The van der Waals surface area contributed by atoms with Crippen LogP contribution in [0.4, 0.5) is 0 Å². The smallest absolute Gasteiger partial charge is 0.270 e. The summed E-state index contributed by atoms with van der Waals surface area (Å²) in [6.45, 7) is 1.68. The molecule has 6 heteroatoms. The van der Waals surface area contributed by atoms with E-state index in [4.69, 9.17) is 10.5 Å². The molecule has 0 atom stereocenters. The highest BCUT2D eigenvalue weighted by Gasteiger charge is 2.09. The molecule has 0 fully saturated rings. The molecule has 0 aliphatic carbocycles. The maximum atomic E-state index is 11.9. The molecule has 0 saturated carbocycles. The Labute approximate surface area is 128 Å². The predicted molar refractivity (Wildman–Crippen MR) is 83.8 cm³/mol. The number of amides is 1. The van der Waals surface area contributed by atoms with Gasteiger partial charge in [0.05, 0.1) is 11.6 Å². The topological polar surface area (TPSA) is 77.2 Å². The van der Waals surface area contributed by atoms with Crippen LogP contribution in [0.2, 0.25) is 0 Å². The van der Waals surface area contributed by atoms with Crippen LogP contribution < -0.4 is 15.8 Å². The zero-order valence-electron chi connectivity index (χ0n) is 11.7. The van der Waals surface area contributed by atoms with Crippen molar-refractivity contribution in [2.45, 2.75) is 12.8 Å². The van der Waals surface area contributed by atoms with Gasteiger partial charge < -0.3 is 15.8 Å². The predicted octanol–water partition coefficient (Wildman–Crippen LogP) is 1.84. The second kappa shape index (κ2) is 8.39. The molecule has 1 aromatic carbocycles. The van der Waals surface area contributed by atoms with E-state index in [2.05, 4.69) is 10.3 Å². The van der Waals surface area contributed by atoms with E-state index in [1.165, 1.54) is 11.3 Å². The minimum Gasteiger partial charge on any atom is -0.494 e. The summed E-state index contributed by atoms with van der Waals surface area (Å²) in [7, 11) is 0. The summed E-state index contributed by atoms with van der Waals surface area (Å²) in [5.74, 6) is 0.698. The molecule has 0 unspecified atom stereocenters. The number of thiazole rings is 1. The number of hydrogen-bond donors (Lipinski definition) is 2. The van der Waals surface area contributed by atoms with Crippen molar-refractivity contribution in [3.63, 3.8) is 0 Å². The highest BCUT2D eigenvalue weighted by molar-refractivity contribution is 7.09. The minimum atomic E-state index is -0.144. The van der Waals surface area contributed by atoms with Gasteiger partial charge in [0.2, 0.25) is 0 Å². The first-order valence-corrected chi connectivity index (χ1v) is 7.78. The Kier molecular flexibility index (Phi) is 6.18. The lowest BCUT2D eigenvalue weighted by Crippen LogP contribution is -2.25. The van der Waals surface area contributed by atoms with Crippen LogP contribution >= 0.6 is 11.3 Å². The number of carbonyl (C=O) groups excluding carboxylic acids is 1. The number of aromatic nitrogens is 1. The van der Waals surface area contributed by atoms with E-state index in [9.17, 15) is 4.79 Å². The molecule has 1 aromatic heterocycles. The van der Waals surface area contributed by atoms with Crippen LogP contribution in [0.15, 0.2) is 35.7 Å². The van der Waals surface area contributed by atoms with Gasteiger partial charge in [0.15, 0.2) is 0 Å². The Morgan fingerprint density at radius 2 is 2.14 bits per heavy atom. The molecule has 0 bridgehead atoms. The van der Waals surface area contributed by atoms with E-state index < -0.39 is 0 Å². The average molecular weight is 305 g/mol. The van der Waals surface area contributed by atoms with E-state index in [0.717, 1.165) is 17.2 Å². The number of ether oxygens (including phenoxy) is 1. The van der Waals surface area contributed by atoms with Gasteiger partial charge in [0, 0.05) is 18.3 Å². The molecule has 5 nitrogen and oxygen atoms in total. The van der Waals surface area contributed by atoms with Gasteiger partial charge in [0.1, 0.15) is 11.4 Å². The fourth-order valence-corrected chi connectivity index (χ4v) is 2.52. The van der Waals surface area contributed by atoms with Gasteiger partial charge in [0.25, 0.3) is 5.91 Å². The zero-order valence-corrected chi connectivity index (χ0v) is 12.6. The van der Waals surface area contributed by atoms with Crippen LogP contribution in [0.1, 0.15) is 21.9 Å².